The minimum atomic E-state index is -4.52. The fourth-order valence-corrected chi connectivity index (χ4v) is 7.87. The summed E-state index contributed by atoms with van der Waals surface area (Å²) in [7, 11) is 1.38. The van der Waals surface area contributed by atoms with E-state index in [0.717, 1.165) is 32.1 Å². The van der Waals surface area contributed by atoms with E-state index in [-0.39, 0.29) is 25.8 Å². The molecule has 0 rings (SSSR count). The molecule has 9 heteroatoms. The number of nitrogens with zero attached hydrogens (tertiary/aromatic N) is 1. The van der Waals surface area contributed by atoms with Crippen molar-refractivity contribution >= 4 is 13.8 Å². The molecule has 2 atom stereocenters. The van der Waals surface area contributed by atoms with Gasteiger partial charge >= 0.3 is 5.97 Å². The topological polar surface area (TPSA) is 94.1 Å². The second-order valence-electron chi connectivity index (χ2n) is 17.8. The zero-order valence-corrected chi connectivity index (χ0v) is 39.0. The smallest absolute Gasteiger partial charge is 0.306 e. The van der Waals surface area contributed by atoms with Crippen LogP contribution < -0.4 is 4.89 Å². The Morgan fingerprint density at radius 3 is 1.18 bits per heavy atom. The Labute approximate surface area is 348 Å². The molecule has 0 saturated carbocycles. The van der Waals surface area contributed by atoms with E-state index in [1.54, 1.807) is 0 Å². The fraction of sp³-hybridized carbons (Fsp3) is 0.979. The van der Waals surface area contributed by atoms with Crippen LogP contribution in [-0.4, -0.2) is 70.7 Å². The van der Waals surface area contributed by atoms with Crippen molar-refractivity contribution in [3.05, 3.63) is 0 Å². The van der Waals surface area contributed by atoms with Gasteiger partial charge in [0.25, 0.3) is 7.82 Å². The van der Waals surface area contributed by atoms with Crippen molar-refractivity contribution in [2.45, 2.75) is 245 Å². The Hall–Kier alpha value is -0.500. The zero-order chi connectivity index (χ0) is 41.3. The number of carbonyl (C=O) groups excluding carboxylic acids is 1. The number of esters is 1. The van der Waals surface area contributed by atoms with E-state index in [0.29, 0.717) is 24.1 Å². The molecular formula is C47H96NO7P. The van der Waals surface area contributed by atoms with Crippen molar-refractivity contribution in [3.8, 4) is 0 Å². The molecule has 0 aliphatic carbocycles. The summed E-state index contributed by atoms with van der Waals surface area (Å²) in [5.41, 5.74) is 0. The Kier molecular flexibility index (Phi) is 40.9. The molecule has 0 bridgehead atoms. The van der Waals surface area contributed by atoms with E-state index in [1.165, 1.54) is 186 Å². The maximum absolute atomic E-state index is 12.6. The summed E-state index contributed by atoms with van der Waals surface area (Å²) in [5, 5.41) is 0. The molecule has 0 aliphatic rings. The summed E-state index contributed by atoms with van der Waals surface area (Å²) in [4.78, 5) is 25.0. The number of likely N-dealkylation sites (N-methyl/N-ethyl adjacent to an activating group) is 1. The number of quaternary nitrogens is 1. The van der Waals surface area contributed by atoms with Crippen molar-refractivity contribution in [1.29, 1.82) is 0 Å². The molecule has 336 valence electrons. The first-order chi connectivity index (χ1) is 27.1. The van der Waals surface area contributed by atoms with Crippen molar-refractivity contribution in [1.82, 2.24) is 0 Å². The molecule has 0 N–H and O–H groups in total. The van der Waals surface area contributed by atoms with Gasteiger partial charge < -0.3 is 27.9 Å². The number of rotatable bonds is 46. The number of phosphoric acid groups is 1. The molecule has 0 aliphatic heterocycles. The standard InChI is InChI=1S/C47H96NO7P/c1-6-8-10-12-14-16-18-19-20-21-22-23-24-25-26-27-28-29-31-33-35-37-39-42-52-44-46(45-54-56(50,51)53-43-41-48(3,4)5)55-47(49)40-38-36-34-32-30-17-15-13-11-9-7-2/h46H,6-45H2,1-5H3. The number of carbonyl (C=O) groups is 1. The van der Waals surface area contributed by atoms with E-state index < -0.39 is 13.9 Å². The van der Waals surface area contributed by atoms with Crippen LogP contribution in [0.4, 0.5) is 0 Å². The minimum Gasteiger partial charge on any atom is -0.756 e. The van der Waals surface area contributed by atoms with E-state index in [9.17, 15) is 14.3 Å². The number of phosphoric ester groups is 1. The molecule has 0 amide bonds. The van der Waals surface area contributed by atoms with Crippen molar-refractivity contribution in [2.24, 2.45) is 0 Å². The molecule has 0 aromatic rings. The number of hydrogen-bond acceptors (Lipinski definition) is 7. The summed E-state index contributed by atoms with van der Waals surface area (Å²) >= 11 is 0. The quantitative estimate of drug-likeness (QED) is 0.0261. The third-order valence-electron chi connectivity index (χ3n) is 10.9. The van der Waals surface area contributed by atoms with E-state index in [1.807, 2.05) is 21.1 Å². The lowest BCUT2D eigenvalue weighted by atomic mass is 10.0. The van der Waals surface area contributed by atoms with Crippen LogP contribution in [0, 0.1) is 0 Å². The first-order valence-corrected chi connectivity index (χ1v) is 25.7. The maximum Gasteiger partial charge on any atom is 0.306 e. The van der Waals surface area contributed by atoms with Crippen molar-refractivity contribution < 1.29 is 37.3 Å². The van der Waals surface area contributed by atoms with Gasteiger partial charge in [0.2, 0.25) is 0 Å². The number of unbranched alkanes of at least 4 members (excludes halogenated alkanes) is 32. The minimum absolute atomic E-state index is 0.0314. The SMILES string of the molecule is CCCCCCCCCCCCCCCCCCCCCCCCCOCC(COP(=O)([O-])OCC[N+](C)(C)C)OC(=O)CCCCCCCCCCCCC. The van der Waals surface area contributed by atoms with Gasteiger partial charge in [-0.3, -0.25) is 9.36 Å². The fourth-order valence-electron chi connectivity index (χ4n) is 7.14. The van der Waals surface area contributed by atoms with E-state index in [4.69, 9.17) is 18.5 Å². The average molecular weight is 818 g/mol. The second-order valence-corrected chi connectivity index (χ2v) is 19.3. The van der Waals surface area contributed by atoms with Crippen LogP contribution in [0.3, 0.4) is 0 Å². The molecule has 0 fully saturated rings. The zero-order valence-electron chi connectivity index (χ0n) is 38.1. The molecule has 0 radical (unpaired) electrons. The largest absolute Gasteiger partial charge is 0.756 e. The van der Waals surface area contributed by atoms with Gasteiger partial charge in [-0.1, -0.05) is 219 Å². The molecule has 0 spiro atoms. The normalized spacial score (nSPS) is 13.6. The summed E-state index contributed by atoms with van der Waals surface area (Å²) in [6, 6.07) is 0. The van der Waals surface area contributed by atoms with Gasteiger partial charge in [0.1, 0.15) is 19.3 Å². The van der Waals surface area contributed by atoms with Gasteiger partial charge in [0, 0.05) is 13.0 Å². The summed E-state index contributed by atoms with van der Waals surface area (Å²) in [6.07, 6.45) is 44.1. The van der Waals surface area contributed by atoms with Gasteiger partial charge in [-0.05, 0) is 12.8 Å². The summed E-state index contributed by atoms with van der Waals surface area (Å²) < 4.78 is 34.6. The number of hydrogen-bond donors (Lipinski definition) is 0. The Morgan fingerprint density at radius 2 is 0.821 bits per heavy atom. The first kappa shape index (κ1) is 55.5. The maximum atomic E-state index is 12.6. The van der Waals surface area contributed by atoms with Gasteiger partial charge in [0.15, 0.2) is 0 Å². The molecule has 2 unspecified atom stereocenters. The van der Waals surface area contributed by atoms with Gasteiger partial charge in [-0.2, -0.15) is 0 Å². The average Bonchev–Trinajstić information content (AvgIpc) is 3.15. The lowest BCUT2D eigenvalue weighted by Gasteiger charge is -2.28. The van der Waals surface area contributed by atoms with Gasteiger partial charge in [-0.15, -0.1) is 0 Å². The Morgan fingerprint density at radius 1 is 0.482 bits per heavy atom. The third-order valence-corrected chi connectivity index (χ3v) is 11.9. The highest BCUT2D eigenvalue weighted by atomic mass is 31.2. The van der Waals surface area contributed by atoms with Crippen molar-refractivity contribution in [3.63, 3.8) is 0 Å². The lowest BCUT2D eigenvalue weighted by Crippen LogP contribution is -2.37. The predicted molar refractivity (Wildman–Crippen MR) is 236 cm³/mol. The van der Waals surface area contributed by atoms with Crippen LogP contribution in [-0.2, 0) is 27.9 Å². The van der Waals surface area contributed by atoms with Crippen LogP contribution in [0.15, 0.2) is 0 Å². The molecular weight excluding hydrogens is 721 g/mol. The van der Waals surface area contributed by atoms with Crippen molar-refractivity contribution in [2.75, 3.05) is 54.1 Å². The molecule has 0 aromatic carbocycles. The summed E-state index contributed by atoms with van der Waals surface area (Å²) in [5.74, 6) is -0.329. The Bertz CT molecular complexity index is 868. The predicted octanol–water partition coefficient (Wildman–Crippen LogP) is 13.8. The highest BCUT2D eigenvalue weighted by molar-refractivity contribution is 7.45. The lowest BCUT2D eigenvalue weighted by molar-refractivity contribution is -0.870. The molecule has 0 saturated heterocycles. The van der Waals surface area contributed by atoms with Gasteiger partial charge in [-0.25, -0.2) is 0 Å². The monoisotopic (exact) mass is 818 g/mol. The number of ether oxygens (including phenoxy) is 2. The highest BCUT2D eigenvalue weighted by Crippen LogP contribution is 2.38. The molecule has 8 nitrogen and oxygen atoms in total. The summed E-state index contributed by atoms with van der Waals surface area (Å²) in [6.45, 7) is 5.47. The Balaban J connectivity index is 4.01. The molecule has 56 heavy (non-hydrogen) atoms. The van der Waals surface area contributed by atoms with Crippen LogP contribution in [0.2, 0.25) is 0 Å². The van der Waals surface area contributed by atoms with Crippen LogP contribution in [0.1, 0.15) is 239 Å². The second kappa shape index (κ2) is 41.2. The molecule has 0 aromatic heterocycles. The van der Waals surface area contributed by atoms with Crippen LogP contribution in [0.5, 0.6) is 0 Å². The third kappa shape index (κ3) is 44.6. The highest BCUT2D eigenvalue weighted by Gasteiger charge is 2.20. The van der Waals surface area contributed by atoms with Crippen LogP contribution >= 0.6 is 7.82 Å². The molecule has 0 heterocycles. The van der Waals surface area contributed by atoms with Crippen LogP contribution in [0.25, 0.3) is 0 Å². The van der Waals surface area contributed by atoms with E-state index >= 15 is 0 Å². The van der Waals surface area contributed by atoms with Gasteiger partial charge in [0.05, 0.1) is 34.4 Å². The first-order valence-electron chi connectivity index (χ1n) is 24.3. The van der Waals surface area contributed by atoms with E-state index in [2.05, 4.69) is 13.8 Å².